The molecular weight excluding hydrogens is 236 g/mol. The smallest absolute Gasteiger partial charge is 0.320 e. The van der Waals surface area contributed by atoms with Gasteiger partial charge in [-0.1, -0.05) is 45.3 Å². The van der Waals surface area contributed by atoms with Crippen LogP contribution in [-0.2, 0) is 0 Å². The van der Waals surface area contributed by atoms with E-state index in [1.807, 2.05) is 4.90 Å². The Balaban J connectivity index is 1.93. The lowest BCUT2D eigenvalue weighted by Gasteiger charge is -2.35. The van der Waals surface area contributed by atoms with E-state index in [2.05, 4.69) is 31.7 Å². The standard InChI is InChI=1S/C16H28N2O/c1-16(2,3)14-8-12-18(13-9-14)15(19)17-10-6-4-5-7-11-17/h8H,4-7,9-13H2,1-3H3. The highest BCUT2D eigenvalue weighted by atomic mass is 16.2. The van der Waals surface area contributed by atoms with Gasteiger partial charge in [0.2, 0.25) is 0 Å². The first-order valence-electron chi connectivity index (χ1n) is 7.72. The summed E-state index contributed by atoms with van der Waals surface area (Å²) in [6, 6.07) is 0.256. The topological polar surface area (TPSA) is 23.6 Å². The molecule has 2 aliphatic heterocycles. The molecule has 19 heavy (non-hydrogen) atoms. The third kappa shape index (κ3) is 3.74. The zero-order chi connectivity index (χ0) is 13.9. The summed E-state index contributed by atoms with van der Waals surface area (Å²) in [7, 11) is 0. The summed E-state index contributed by atoms with van der Waals surface area (Å²) < 4.78 is 0. The largest absolute Gasteiger partial charge is 0.325 e. The van der Waals surface area contributed by atoms with Crippen molar-refractivity contribution >= 4 is 6.03 Å². The molecule has 1 fully saturated rings. The maximum absolute atomic E-state index is 12.5. The van der Waals surface area contributed by atoms with Crippen molar-refractivity contribution < 1.29 is 4.79 Å². The lowest BCUT2D eigenvalue weighted by atomic mass is 9.83. The van der Waals surface area contributed by atoms with E-state index in [9.17, 15) is 4.79 Å². The summed E-state index contributed by atoms with van der Waals surface area (Å²) in [4.78, 5) is 16.6. The molecule has 2 heterocycles. The van der Waals surface area contributed by atoms with E-state index < -0.39 is 0 Å². The summed E-state index contributed by atoms with van der Waals surface area (Å²) in [5.74, 6) is 0. The van der Waals surface area contributed by atoms with Crippen molar-refractivity contribution in [2.24, 2.45) is 5.41 Å². The predicted molar refractivity (Wildman–Crippen MR) is 79.2 cm³/mol. The number of carbonyl (C=O) groups is 1. The number of carbonyl (C=O) groups excluding carboxylic acids is 1. The molecule has 0 aliphatic carbocycles. The molecule has 108 valence electrons. The average Bonchev–Trinajstić information content (AvgIpc) is 2.66. The third-order valence-electron chi connectivity index (χ3n) is 4.32. The molecule has 0 atom stereocenters. The summed E-state index contributed by atoms with van der Waals surface area (Å²) in [6.07, 6.45) is 8.18. The molecule has 0 bridgehead atoms. The Bertz CT molecular complexity index is 346. The van der Waals surface area contributed by atoms with Crippen LogP contribution in [0.25, 0.3) is 0 Å². The zero-order valence-corrected chi connectivity index (χ0v) is 12.7. The van der Waals surface area contributed by atoms with Gasteiger partial charge in [0.05, 0.1) is 0 Å². The molecule has 2 aliphatic rings. The first-order valence-corrected chi connectivity index (χ1v) is 7.72. The van der Waals surface area contributed by atoms with Crippen LogP contribution in [0.5, 0.6) is 0 Å². The van der Waals surface area contributed by atoms with Gasteiger partial charge >= 0.3 is 6.03 Å². The van der Waals surface area contributed by atoms with E-state index in [0.29, 0.717) is 0 Å². The van der Waals surface area contributed by atoms with Crippen molar-refractivity contribution in [2.75, 3.05) is 26.2 Å². The van der Waals surface area contributed by atoms with Crippen LogP contribution in [0.1, 0.15) is 52.9 Å². The van der Waals surface area contributed by atoms with Crippen molar-refractivity contribution in [1.82, 2.24) is 9.80 Å². The van der Waals surface area contributed by atoms with Gasteiger partial charge < -0.3 is 9.80 Å². The second-order valence-corrected chi connectivity index (χ2v) is 6.86. The molecule has 0 saturated carbocycles. The summed E-state index contributed by atoms with van der Waals surface area (Å²) in [5, 5.41) is 0. The van der Waals surface area contributed by atoms with Crippen LogP contribution in [0.15, 0.2) is 11.6 Å². The maximum atomic E-state index is 12.5. The third-order valence-corrected chi connectivity index (χ3v) is 4.32. The van der Waals surface area contributed by atoms with Gasteiger partial charge in [-0.25, -0.2) is 4.79 Å². The minimum atomic E-state index is 0.248. The lowest BCUT2D eigenvalue weighted by Crippen LogP contribution is -2.45. The minimum Gasteiger partial charge on any atom is -0.325 e. The Kier molecular flexibility index (Phi) is 4.54. The number of nitrogens with zero attached hydrogens (tertiary/aromatic N) is 2. The maximum Gasteiger partial charge on any atom is 0.320 e. The van der Waals surface area contributed by atoms with Gasteiger partial charge in [0, 0.05) is 26.2 Å². The molecule has 0 unspecified atom stereocenters. The van der Waals surface area contributed by atoms with Gasteiger partial charge in [0.1, 0.15) is 0 Å². The number of amides is 2. The Hall–Kier alpha value is -0.990. The number of hydrogen-bond acceptors (Lipinski definition) is 1. The molecule has 0 N–H and O–H groups in total. The first kappa shape index (κ1) is 14.4. The Labute approximate surface area is 117 Å². The van der Waals surface area contributed by atoms with Crippen LogP contribution in [-0.4, -0.2) is 42.0 Å². The van der Waals surface area contributed by atoms with Gasteiger partial charge in [-0.2, -0.15) is 0 Å². The predicted octanol–water partition coefficient (Wildman–Crippen LogP) is 3.66. The molecule has 2 amide bonds. The quantitative estimate of drug-likeness (QED) is 0.612. The van der Waals surface area contributed by atoms with Crippen LogP contribution in [0, 0.1) is 5.41 Å². The molecule has 0 spiro atoms. The van der Waals surface area contributed by atoms with E-state index in [1.54, 1.807) is 0 Å². The van der Waals surface area contributed by atoms with Crippen molar-refractivity contribution in [3.05, 3.63) is 11.6 Å². The van der Waals surface area contributed by atoms with Gasteiger partial charge in [-0.15, -0.1) is 0 Å². The zero-order valence-electron chi connectivity index (χ0n) is 12.7. The molecule has 3 heteroatoms. The minimum absolute atomic E-state index is 0.248. The lowest BCUT2D eigenvalue weighted by molar-refractivity contribution is 0.156. The normalized spacial score (nSPS) is 21.9. The van der Waals surface area contributed by atoms with Crippen molar-refractivity contribution in [1.29, 1.82) is 0 Å². The SMILES string of the molecule is CC(C)(C)C1=CCN(C(=O)N2CCCCCC2)CC1. The number of rotatable bonds is 0. The molecular formula is C16H28N2O. The first-order chi connectivity index (χ1) is 8.98. The molecule has 0 aromatic carbocycles. The Morgan fingerprint density at radius 1 is 1.00 bits per heavy atom. The summed E-state index contributed by atoms with van der Waals surface area (Å²) in [6.45, 7) is 10.3. The monoisotopic (exact) mass is 264 g/mol. The molecule has 0 aromatic heterocycles. The van der Waals surface area contributed by atoms with Crippen molar-refractivity contribution in [3.8, 4) is 0 Å². The number of likely N-dealkylation sites (tertiary alicyclic amines) is 1. The number of hydrogen-bond donors (Lipinski definition) is 0. The van der Waals surface area contributed by atoms with Crippen molar-refractivity contribution in [2.45, 2.75) is 52.9 Å². The van der Waals surface area contributed by atoms with E-state index in [0.717, 1.165) is 32.6 Å². The molecule has 1 saturated heterocycles. The highest BCUT2D eigenvalue weighted by molar-refractivity contribution is 5.75. The summed E-state index contributed by atoms with van der Waals surface area (Å²) in [5.41, 5.74) is 1.74. The van der Waals surface area contributed by atoms with Crippen LogP contribution in [0.4, 0.5) is 4.79 Å². The van der Waals surface area contributed by atoms with Crippen LogP contribution in [0.2, 0.25) is 0 Å². The fourth-order valence-corrected chi connectivity index (χ4v) is 2.99. The number of urea groups is 1. The molecule has 0 aromatic rings. The van der Waals surface area contributed by atoms with Gasteiger partial charge in [0.25, 0.3) is 0 Å². The fraction of sp³-hybridized carbons (Fsp3) is 0.812. The van der Waals surface area contributed by atoms with E-state index in [1.165, 1.54) is 31.3 Å². The van der Waals surface area contributed by atoms with Crippen LogP contribution in [0.3, 0.4) is 0 Å². The van der Waals surface area contributed by atoms with Gasteiger partial charge in [0.15, 0.2) is 0 Å². The molecule has 3 nitrogen and oxygen atoms in total. The van der Waals surface area contributed by atoms with E-state index in [4.69, 9.17) is 0 Å². The molecule has 2 rings (SSSR count). The Morgan fingerprint density at radius 2 is 1.63 bits per heavy atom. The van der Waals surface area contributed by atoms with E-state index in [-0.39, 0.29) is 11.4 Å². The highest BCUT2D eigenvalue weighted by Gasteiger charge is 2.26. The fourth-order valence-electron chi connectivity index (χ4n) is 2.99. The van der Waals surface area contributed by atoms with Gasteiger partial charge in [-0.05, 0) is 24.7 Å². The second kappa shape index (κ2) is 5.98. The second-order valence-electron chi connectivity index (χ2n) is 6.86. The highest BCUT2D eigenvalue weighted by Crippen LogP contribution is 2.30. The van der Waals surface area contributed by atoms with Crippen LogP contribution < -0.4 is 0 Å². The van der Waals surface area contributed by atoms with Crippen LogP contribution >= 0.6 is 0 Å². The summed E-state index contributed by atoms with van der Waals surface area (Å²) >= 11 is 0. The molecule has 0 radical (unpaired) electrons. The van der Waals surface area contributed by atoms with E-state index >= 15 is 0 Å². The van der Waals surface area contributed by atoms with Gasteiger partial charge in [-0.3, -0.25) is 0 Å². The Morgan fingerprint density at radius 3 is 2.11 bits per heavy atom. The van der Waals surface area contributed by atoms with Crippen molar-refractivity contribution in [3.63, 3.8) is 0 Å². The average molecular weight is 264 g/mol.